The van der Waals surface area contributed by atoms with Crippen LogP contribution in [0.1, 0.15) is 20.8 Å². The van der Waals surface area contributed by atoms with Gasteiger partial charge in [-0.1, -0.05) is 12.2 Å². The Morgan fingerprint density at radius 2 is 2.00 bits per heavy atom. The van der Waals surface area contributed by atoms with Crippen LogP contribution in [0.15, 0.2) is 0 Å². The first-order valence-corrected chi connectivity index (χ1v) is 5.86. The smallest absolute Gasteiger partial charge is 0.259 e. The van der Waals surface area contributed by atoms with Crippen LogP contribution in [0.2, 0.25) is 0 Å². The van der Waals surface area contributed by atoms with Crippen molar-refractivity contribution in [3.63, 3.8) is 0 Å². The fraction of sp³-hybridized carbons (Fsp3) is 0.714. The van der Waals surface area contributed by atoms with E-state index in [0.717, 1.165) is 4.31 Å². The Labute approximate surface area is 88.3 Å². The second kappa shape index (κ2) is 2.90. The molecular weight excluding hydrogens is 224 g/mol. The monoisotopic (exact) mass is 236 g/mol. The topological polar surface area (TPSA) is 80.5 Å². The Bertz CT molecular complexity index is 399. The summed E-state index contributed by atoms with van der Waals surface area (Å²) in [5, 5.41) is 0. The molecule has 0 aromatic carbocycles. The van der Waals surface area contributed by atoms with Gasteiger partial charge in [0, 0.05) is 0 Å². The van der Waals surface area contributed by atoms with Crippen LogP contribution in [0, 0.1) is 0 Å². The van der Waals surface area contributed by atoms with Gasteiger partial charge in [0.2, 0.25) is 0 Å². The maximum atomic E-state index is 11.6. The molecule has 1 atom stereocenters. The van der Waals surface area contributed by atoms with Crippen molar-refractivity contribution < 1.29 is 13.2 Å². The van der Waals surface area contributed by atoms with Gasteiger partial charge in [-0.25, -0.2) is 12.7 Å². The standard InChI is InChI=1S/C7H12N2O3S2/c1-4(5(8)13)9-6(10)7(2,3)14(9,11)12/h4H,1-3H3,(H2,8,13). The van der Waals surface area contributed by atoms with Crippen LogP contribution in [0.25, 0.3) is 0 Å². The lowest BCUT2D eigenvalue weighted by Gasteiger charge is -2.45. The summed E-state index contributed by atoms with van der Waals surface area (Å²) < 4.78 is 22.6. The van der Waals surface area contributed by atoms with E-state index in [1.54, 1.807) is 0 Å². The Morgan fingerprint density at radius 1 is 1.57 bits per heavy atom. The molecule has 0 bridgehead atoms. The first-order chi connectivity index (χ1) is 6.14. The fourth-order valence-corrected chi connectivity index (χ4v) is 3.02. The normalized spacial score (nSPS) is 25.4. The molecule has 0 aliphatic carbocycles. The summed E-state index contributed by atoms with van der Waals surface area (Å²) in [6.45, 7) is 4.23. The van der Waals surface area contributed by atoms with E-state index in [-0.39, 0.29) is 4.99 Å². The van der Waals surface area contributed by atoms with E-state index in [1.807, 2.05) is 0 Å². The van der Waals surface area contributed by atoms with Gasteiger partial charge in [0.25, 0.3) is 15.9 Å². The van der Waals surface area contributed by atoms with Gasteiger partial charge in [-0.05, 0) is 20.8 Å². The van der Waals surface area contributed by atoms with Crippen molar-refractivity contribution in [1.29, 1.82) is 0 Å². The highest BCUT2D eigenvalue weighted by molar-refractivity contribution is 7.94. The van der Waals surface area contributed by atoms with Crippen molar-refractivity contribution in [3.05, 3.63) is 0 Å². The van der Waals surface area contributed by atoms with Gasteiger partial charge in [0.1, 0.15) is 0 Å². The van der Waals surface area contributed by atoms with Gasteiger partial charge >= 0.3 is 0 Å². The van der Waals surface area contributed by atoms with E-state index in [2.05, 4.69) is 12.2 Å². The summed E-state index contributed by atoms with van der Waals surface area (Å²) in [6, 6.07) is -0.740. The molecule has 1 saturated heterocycles. The Balaban J connectivity index is 3.09. The number of rotatable bonds is 2. The molecule has 14 heavy (non-hydrogen) atoms. The maximum Gasteiger partial charge on any atom is 0.259 e. The van der Waals surface area contributed by atoms with Crippen LogP contribution in [0.5, 0.6) is 0 Å². The van der Waals surface area contributed by atoms with Crippen LogP contribution in [0.4, 0.5) is 0 Å². The SMILES string of the molecule is CC(C(N)=S)N1C(=O)C(C)(C)S1(=O)=O. The minimum atomic E-state index is -3.58. The second-order valence-corrected chi connectivity index (χ2v) is 6.53. The van der Waals surface area contributed by atoms with Crippen LogP contribution < -0.4 is 5.73 Å². The van der Waals surface area contributed by atoms with E-state index < -0.39 is 26.7 Å². The highest BCUT2D eigenvalue weighted by Gasteiger charge is 2.61. The first-order valence-electron chi connectivity index (χ1n) is 4.01. The van der Waals surface area contributed by atoms with E-state index in [1.165, 1.54) is 20.8 Å². The third-order valence-electron chi connectivity index (χ3n) is 2.38. The average Bonchev–Trinajstić information content (AvgIpc) is 2.03. The van der Waals surface area contributed by atoms with Crippen molar-refractivity contribution in [2.75, 3.05) is 0 Å². The van der Waals surface area contributed by atoms with Crippen LogP contribution in [-0.2, 0) is 14.8 Å². The van der Waals surface area contributed by atoms with Crippen LogP contribution in [-0.4, -0.2) is 34.4 Å². The van der Waals surface area contributed by atoms with Gasteiger partial charge < -0.3 is 5.73 Å². The van der Waals surface area contributed by atoms with Gasteiger partial charge in [0.15, 0.2) is 4.75 Å². The molecule has 1 amide bonds. The van der Waals surface area contributed by atoms with E-state index in [4.69, 9.17) is 5.73 Å². The number of thiocarbonyl (C=S) groups is 1. The van der Waals surface area contributed by atoms with Crippen molar-refractivity contribution in [1.82, 2.24) is 4.31 Å². The molecule has 0 saturated carbocycles. The highest BCUT2D eigenvalue weighted by atomic mass is 32.2. The lowest BCUT2D eigenvalue weighted by Crippen LogP contribution is -2.70. The summed E-state index contributed by atoms with van der Waals surface area (Å²) >= 11 is 4.64. The van der Waals surface area contributed by atoms with Crippen LogP contribution >= 0.6 is 12.2 Å². The second-order valence-electron chi connectivity index (χ2n) is 3.69. The molecule has 1 aliphatic heterocycles. The molecule has 0 aromatic heterocycles. The minimum Gasteiger partial charge on any atom is -0.392 e. The molecule has 80 valence electrons. The van der Waals surface area contributed by atoms with Crippen molar-refractivity contribution >= 4 is 33.1 Å². The third-order valence-corrected chi connectivity index (χ3v) is 5.19. The molecule has 1 fully saturated rings. The summed E-state index contributed by atoms with van der Waals surface area (Å²) in [5.74, 6) is -0.460. The summed E-state index contributed by atoms with van der Waals surface area (Å²) in [7, 11) is -3.58. The molecule has 1 heterocycles. The number of nitrogens with zero attached hydrogens (tertiary/aromatic N) is 1. The molecule has 0 aromatic rings. The molecule has 2 N–H and O–H groups in total. The molecule has 0 radical (unpaired) electrons. The quantitative estimate of drug-likeness (QED) is 0.661. The van der Waals surface area contributed by atoms with Crippen LogP contribution in [0.3, 0.4) is 0 Å². The fourth-order valence-electron chi connectivity index (χ4n) is 1.19. The molecule has 1 aliphatic rings. The highest BCUT2D eigenvalue weighted by Crippen LogP contribution is 2.36. The molecule has 0 spiro atoms. The van der Waals surface area contributed by atoms with E-state index in [0.29, 0.717) is 0 Å². The van der Waals surface area contributed by atoms with Crippen molar-refractivity contribution in [2.24, 2.45) is 5.73 Å². The van der Waals surface area contributed by atoms with Crippen molar-refractivity contribution in [3.8, 4) is 0 Å². The number of hydrogen-bond acceptors (Lipinski definition) is 4. The lowest BCUT2D eigenvalue weighted by molar-refractivity contribution is -0.132. The van der Waals surface area contributed by atoms with Gasteiger partial charge in [-0.2, -0.15) is 0 Å². The van der Waals surface area contributed by atoms with Gasteiger partial charge in [0.05, 0.1) is 11.0 Å². The zero-order valence-electron chi connectivity index (χ0n) is 8.14. The number of carbonyl (C=O) groups excluding carboxylic acids is 1. The Morgan fingerprint density at radius 3 is 2.29 bits per heavy atom. The molecule has 1 unspecified atom stereocenters. The van der Waals surface area contributed by atoms with Gasteiger partial charge in [-0.3, -0.25) is 4.79 Å². The summed E-state index contributed by atoms with van der Waals surface area (Å²) in [6.07, 6.45) is 0. The minimum absolute atomic E-state index is 0.00238. The molecule has 1 rings (SSSR count). The predicted molar refractivity (Wildman–Crippen MR) is 56.1 cm³/mol. The number of amides is 1. The number of carbonyl (C=O) groups is 1. The zero-order chi connectivity index (χ0) is 11.3. The first kappa shape index (κ1) is 11.4. The van der Waals surface area contributed by atoms with E-state index in [9.17, 15) is 13.2 Å². The van der Waals surface area contributed by atoms with Crippen molar-refractivity contribution in [2.45, 2.75) is 31.6 Å². The molecular formula is C7H12N2O3S2. The third kappa shape index (κ3) is 1.15. The lowest BCUT2D eigenvalue weighted by atomic mass is 10.1. The number of sulfonamides is 1. The number of hydrogen-bond donors (Lipinski definition) is 1. The molecule has 7 heteroatoms. The summed E-state index contributed by atoms with van der Waals surface area (Å²) in [4.78, 5) is 11.5. The average molecular weight is 236 g/mol. The number of nitrogens with two attached hydrogens (primary N) is 1. The Kier molecular flexibility index (Phi) is 2.36. The van der Waals surface area contributed by atoms with E-state index >= 15 is 0 Å². The predicted octanol–water partition coefficient (Wildman–Crippen LogP) is -0.388. The largest absolute Gasteiger partial charge is 0.392 e. The van der Waals surface area contributed by atoms with Gasteiger partial charge in [-0.15, -0.1) is 0 Å². The maximum absolute atomic E-state index is 11.6. The summed E-state index contributed by atoms with van der Waals surface area (Å²) in [5.41, 5.74) is 5.29. The zero-order valence-corrected chi connectivity index (χ0v) is 9.78. The molecule has 5 nitrogen and oxygen atoms in total. The Hall–Kier alpha value is -0.690.